The fourth-order valence-electron chi connectivity index (χ4n) is 3.75. The number of nitrogens with zero attached hydrogens (tertiary/aromatic N) is 2. The van der Waals surface area contributed by atoms with Crippen molar-refractivity contribution >= 4 is 29.2 Å². The number of amides is 2. The largest absolute Gasteiger partial charge is 0.545 e. The summed E-state index contributed by atoms with van der Waals surface area (Å²) in [6.45, 7) is 0.380. The van der Waals surface area contributed by atoms with Gasteiger partial charge in [0.25, 0.3) is 0 Å². The van der Waals surface area contributed by atoms with E-state index in [4.69, 9.17) is 0 Å². The molecule has 2 aromatic rings. The lowest BCUT2D eigenvalue weighted by molar-refractivity contribution is -0.254. The predicted molar refractivity (Wildman–Crippen MR) is 100 cm³/mol. The zero-order chi connectivity index (χ0) is 19.7. The summed E-state index contributed by atoms with van der Waals surface area (Å²) >= 11 is 0. The van der Waals surface area contributed by atoms with Gasteiger partial charge < -0.3 is 15.2 Å². The fourth-order valence-corrected chi connectivity index (χ4v) is 3.75. The highest BCUT2D eigenvalue weighted by atomic mass is 16.4. The molecular weight excluding hydrogens is 358 g/mol. The second kappa shape index (κ2) is 7.26. The van der Waals surface area contributed by atoms with Crippen LogP contribution in [0.1, 0.15) is 28.8 Å². The van der Waals surface area contributed by atoms with Crippen molar-refractivity contribution in [2.75, 3.05) is 10.2 Å². The number of allylic oxidation sites excluding steroid dienone is 2. The molecule has 1 aromatic heterocycles. The van der Waals surface area contributed by atoms with E-state index in [9.17, 15) is 19.5 Å². The van der Waals surface area contributed by atoms with Crippen LogP contribution in [0.25, 0.3) is 0 Å². The smallest absolute Gasteiger partial charge is 0.238 e. The molecule has 28 heavy (non-hydrogen) atoms. The molecule has 1 saturated heterocycles. The number of carboxylic acids is 1. The number of pyridine rings is 1. The summed E-state index contributed by atoms with van der Waals surface area (Å²) in [4.78, 5) is 42.2. The van der Waals surface area contributed by atoms with E-state index < -0.39 is 5.97 Å². The average Bonchev–Trinajstić information content (AvgIpc) is 2.98. The van der Waals surface area contributed by atoms with E-state index >= 15 is 0 Å². The summed E-state index contributed by atoms with van der Waals surface area (Å²) in [6.07, 6.45) is 8.22. The molecule has 2 atom stereocenters. The second-order valence-electron chi connectivity index (χ2n) is 6.90. The van der Waals surface area contributed by atoms with Gasteiger partial charge in [-0.2, -0.15) is 0 Å². The number of nitrogens with one attached hydrogen (secondary N) is 1. The molecule has 0 saturated carbocycles. The lowest BCUT2D eigenvalue weighted by Gasteiger charge is -2.19. The van der Waals surface area contributed by atoms with Crippen molar-refractivity contribution in [3.05, 3.63) is 66.0 Å². The first-order valence-electron chi connectivity index (χ1n) is 9.07. The summed E-state index contributed by atoms with van der Waals surface area (Å²) in [5, 5.41) is 14.7. The van der Waals surface area contributed by atoms with E-state index in [1.165, 1.54) is 6.07 Å². The average molecular weight is 376 g/mol. The third-order valence-electron chi connectivity index (χ3n) is 5.19. The van der Waals surface area contributed by atoms with E-state index in [2.05, 4.69) is 10.3 Å². The Morgan fingerprint density at radius 2 is 1.86 bits per heavy atom. The third-order valence-corrected chi connectivity index (χ3v) is 5.19. The van der Waals surface area contributed by atoms with Crippen LogP contribution in [0, 0.1) is 11.8 Å². The molecule has 0 unspecified atom stereocenters. The van der Waals surface area contributed by atoms with Crippen LogP contribution >= 0.6 is 0 Å². The predicted octanol–water partition coefficient (Wildman–Crippen LogP) is 1.51. The minimum absolute atomic E-state index is 0.102. The van der Waals surface area contributed by atoms with E-state index in [-0.39, 0.29) is 34.9 Å². The van der Waals surface area contributed by atoms with Crippen molar-refractivity contribution in [3.63, 3.8) is 0 Å². The van der Waals surface area contributed by atoms with E-state index in [0.29, 0.717) is 25.1 Å². The highest BCUT2D eigenvalue weighted by Gasteiger charge is 2.47. The molecule has 7 heteroatoms. The van der Waals surface area contributed by atoms with Gasteiger partial charge in [0.2, 0.25) is 11.8 Å². The number of aromatic carboxylic acids is 1. The highest BCUT2D eigenvalue weighted by molar-refractivity contribution is 6.22. The van der Waals surface area contributed by atoms with Crippen molar-refractivity contribution in [2.24, 2.45) is 11.8 Å². The Hall–Kier alpha value is -3.48. The van der Waals surface area contributed by atoms with Crippen LogP contribution in [0.2, 0.25) is 0 Å². The molecule has 2 amide bonds. The molecule has 1 aliphatic carbocycles. The van der Waals surface area contributed by atoms with E-state index in [1.54, 1.807) is 30.6 Å². The molecule has 0 bridgehead atoms. The molecule has 0 radical (unpaired) electrons. The van der Waals surface area contributed by atoms with E-state index in [0.717, 1.165) is 10.5 Å². The van der Waals surface area contributed by atoms with Crippen LogP contribution in [-0.2, 0) is 16.1 Å². The number of fused-ring (bicyclic) bond motifs is 1. The van der Waals surface area contributed by atoms with Gasteiger partial charge in [-0.3, -0.25) is 19.5 Å². The van der Waals surface area contributed by atoms with E-state index in [1.807, 2.05) is 18.2 Å². The van der Waals surface area contributed by atoms with Crippen LogP contribution in [-0.4, -0.2) is 22.8 Å². The lowest BCUT2D eigenvalue weighted by atomic mass is 9.85. The molecule has 142 valence electrons. The number of benzene rings is 1. The number of hydrogen-bond donors (Lipinski definition) is 1. The maximum absolute atomic E-state index is 12.7. The molecular formula is C21H18N3O4-. The number of hydrogen-bond acceptors (Lipinski definition) is 6. The number of aromatic nitrogens is 1. The van der Waals surface area contributed by atoms with Crippen molar-refractivity contribution in [2.45, 2.75) is 19.4 Å². The summed E-state index contributed by atoms with van der Waals surface area (Å²) in [5.74, 6) is -2.67. The first-order valence-corrected chi connectivity index (χ1v) is 9.07. The Balaban J connectivity index is 1.61. The zero-order valence-electron chi connectivity index (χ0n) is 15.0. The number of rotatable bonds is 5. The summed E-state index contributed by atoms with van der Waals surface area (Å²) in [7, 11) is 0. The first kappa shape index (κ1) is 17.9. The highest BCUT2D eigenvalue weighted by Crippen LogP contribution is 2.38. The minimum atomic E-state index is -1.38. The standard InChI is InChI=1S/C21H19N3O4/c25-19-15-5-1-2-6-16(15)20(26)24(19)14-7-8-18(17(10-14)21(27)28)23-12-13-4-3-9-22-11-13/h1-4,7-11,15-16,23H,5-6,12H2,(H,27,28)/p-1/t15-,16+. The summed E-state index contributed by atoms with van der Waals surface area (Å²) in [6, 6.07) is 8.11. The lowest BCUT2D eigenvalue weighted by Crippen LogP contribution is -2.31. The number of carbonyl (C=O) groups is 3. The number of imide groups is 1. The monoisotopic (exact) mass is 376 g/mol. The Labute approximate surface area is 161 Å². The van der Waals surface area contributed by atoms with Crippen LogP contribution in [0.3, 0.4) is 0 Å². The van der Waals surface area contributed by atoms with Crippen molar-refractivity contribution < 1.29 is 19.5 Å². The van der Waals surface area contributed by atoms with Gasteiger partial charge in [-0.25, -0.2) is 0 Å². The number of carbonyl (C=O) groups excluding carboxylic acids is 3. The van der Waals surface area contributed by atoms with Crippen molar-refractivity contribution in [1.82, 2.24) is 4.98 Å². The molecule has 1 fully saturated rings. The molecule has 1 N–H and O–H groups in total. The van der Waals surface area contributed by atoms with Crippen LogP contribution in [0.15, 0.2) is 54.9 Å². The number of anilines is 2. The zero-order valence-corrected chi connectivity index (χ0v) is 15.0. The quantitative estimate of drug-likeness (QED) is 0.627. The molecule has 2 aliphatic rings. The molecule has 4 rings (SSSR count). The van der Waals surface area contributed by atoms with Gasteiger partial charge in [-0.05, 0) is 42.7 Å². The molecule has 2 heterocycles. The van der Waals surface area contributed by atoms with Crippen molar-refractivity contribution in [3.8, 4) is 0 Å². The van der Waals surface area contributed by atoms with Gasteiger partial charge in [0.05, 0.1) is 23.5 Å². The normalized spacial score (nSPS) is 20.9. The summed E-state index contributed by atoms with van der Waals surface area (Å²) < 4.78 is 0. The molecule has 0 spiro atoms. The molecule has 7 nitrogen and oxygen atoms in total. The van der Waals surface area contributed by atoms with Gasteiger partial charge in [-0.1, -0.05) is 18.2 Å². The van der Waals surface area contributed by atoms with Gasteiger partial charge in [0, 0.05) is 30.2 Å². The Morgan fingerprint density at radius 1 is 1.14 bits per heavy atom. The summed E-state index contributed by atoms with van der Waals surface area (Å²) in [5.41, 5.74) is 1.40. The maximum atomic E-state index is 12.7. The maximum Gasteiger partial charge on any atom is 0.238 e. The Kier molecular flexibility index (Phi) is 4.65. The van der Waals surface area contributed by atoms with Crippen LogP contribution < -0.4 is 15.3 Å². The van der Waals surface area contributed by atoms with Gasteiger partial charge in [-0.15, -0.1) is 0 Å². The van der Waals surface area contributed by atoms with Crippen LogP contribution in [0.5, 0.6) is 0 Å². The minimum Gasteiger partial charge on any atom is -0.545 e. The molecule has 1 aliphatic heterocycles. The van der Waals surface area contributed by atoms with Crippen LogP contribution in [0.4, 0.5) is 11.4 Å². The Morgan fingerprint density at radius 3 is 2.46 bits per heavy atom. The first-order chi connectivity index (χ1) is 13.6. The SMILES string of the molecule is O=C([O-])c1cc(N2C(=O)[C@H]3CC=CC[C@H]3C2=O)ccc1NCc1cccnc1. The van der Waals surface area contributed by atoms with Gasteiger partial charge in [0.1, 0.15) is 0 Å². The number of carboxylic acid groups (broad SMARTS) is 1. The van der Waals surface area contributed by atoms with Gasteiger partial charge >= 0.3 is 0 Å². The second-order valence-corrected chi connectivity index (χ2v) is 6.90. The topological polar surface area (TPSA) is 102 Å². The Bertz CT molecular complexity index is 945. The fraction of sp³-hybridized carbons (Fsp3) is 0.238. The third kappa shape index (κ3) is 3.15. The van der Waals surface area contributed by atoms with Crippen molar-refractivity contribution in [1.29, 1.82) is 0 Å². The molecule has 1 aromatic carbocycles. The van der Waals surface area contributed by atoms with Gasteiger partial charge in [0.15, 0.2) is 0 Å².